The van der Waals surface area contributed by atoms with Crippen molar-refractivity contribution >= 4 is 17.2 Å². The average Bonchev–Trinajstić information content (AvgIpc) is 3.43. The van der Waals surface area contributed by atoms with Crippen LogP contribution in [0.4, 0.5) is 8.78 Å². The Morgan fingerprint density at radius 1 is 1.15 bits per heavy atom. The van der Waals surface area contributed by atoms with E-state index in [4.69, 9.17) is 0 Å². The zero-order valence-electron chi connectivity index (χ0n) is 18.7. The molecule has 0 bridgehead atoms. The summed E-state index contributed by atoms with van der Waals surface area (Å²) in [5, 5.41) is 19.2. The van der Waals surface area contributed by atoms with Crippen molar-refractivity contribution in [3.63, 3.8) is 0 Å². The summed E-state index contributed by atoms with van der Waals surface area (Å²) in [6, 6.07) is 13.2. The van der Waals surface area contributed by atoms with Crippen LogP contribution in [0.3, 0.4) is 0 Å². The summed E-state index contributed by atoms with van der Waals surface area (Å²) in [7, 11) is 0. The number of rotatable bonds is 9. The number of hydrogen-bond donors (Lipinski definition) is 3. The van der Waals surface area contributed by atoms with Crippen molar-refractivity contribution in [1.82, 2.24) is 10.6 Å². The minimum atomic E-state index is -0.930. The molecule has 4 rings (SSSR count). The van der Waals surface area contributed by atoms with Crippen LogP contribution < -0.4 is 10.6 Å². The molecule has 0 aliphatic heterocycles. The molecule has 1 heterocycles. The summed E-state index contributed by atoms with van der Waals surface area (Å²) in [4.78, 5) is 12.9. The molecule has 1 aromatic heterocycles. The van der Waals surface area contributed by atoms with Crippen LogP contribution in [-0.2, 0) is 16.8 Å². The molecule has 1 amide bonds. The minimum absolute atomic E-state index is 0.122. The summed E-state index contributed by atoms with van der Waals surface area (Å²) < 4.78 is 27.2. The van der Waals surface area contributed by atoms with Gasteiger partial charge in [0.05, 0.1) is 12.1 Å². The van der Waals surface area contributed by atoms with Gasteiger partial charge in [0, 0.05) is 30.0 Å². The lowest BCUT2D eigenvalue weighted by molar-refractivity contribution is -0.120. The summed E-state index contributed by atoms with van der Waals surface area (Å²) in [5.74, 6) is -1.68. The lowest BCUT2D eigenvalue weighted by Crippen LogP contribution is -2.49. The summed E-state index contributed by atoms with van der Waals surface area (Å²) >= 11 is 1.72. The van der Waals surface area contributed by atoms with E-state index in [-0.39, 0.29) is 24.4 Å². The summed E-state index contributed by atoms with van der Waals surface area (Å²) in [6.07, 6.45) is 1.09. The average molecular weight is 471 g/mol. The fourth-order valence-electron chi connectivity index (χ4n) is 4.21. The van der Waals surface area contributed by atoms with E-state index in [0.717, 1.165) is 18.9 Å². The summed E-state index contributed by atoms with van der Waals surface area (Å²) in [5.41, 5.74) is 3.75. The Morgan fingerprint density at radius 3 is 2.48 bits per heavy atom. The Morgan fingerprint density at radius 2 is 1.88 bits per heavy atom. The van der Waals surface area contributed by atoms with Crippen LogP contribution in [0.15, 0.2) is 53.9 Å². The number of aryl methyl sites for hydroxylation is 1. The van der Waals surface area contributed by atoms with E-state index in [0.29, 0.717) is 5.56 Å². The molecule has 1 fully saturated rings. The Balaban J connectivity index is 1.45. The highest BCUT2D eigenvalue weighted by Crippen LogP contribution is 2.46. The van der Waals surface area contributed by atoms with Gasteiger partial charge >= 0.3 is 0 Å². The number of benzene rings is 2. The highest BCUT2D eigenvalue weighted by atomic mass is 32.1. The lowest BCUT2D eigenvalue weighted by atomic mass is 9.98. The third kappa shape index (κ3) is 5.85. The molecule has 2 aromatic carbocycles. The van der Waals surface area contributed by atoms with Crippen LogP contribution in [0, 0.1) is 18.6 Å². The van der Waals surface area contributed by atoms with Gasteiger partial charge in [0.25, 0.3) is 0 Å². The van der Waals surface area contributed by atoms with Gasteiger partial charge in [-0.05, 0) is 78.1 Å². The van der Waals surface area contributed by atoms with Crippen LogP contribution in [0.25, 0.3) is 10.4 Å². The number of aliphatic hydroxyl groups is 1. The number of carbonyl (C=O) groups excluding carboxylic acids is 1. The first-order valence-corrected chi connectivity index (χ1v) is 11.9. The number of aliphatic hydroxyl groups excluding tert-OH is 1. The van der Waals surface area contributed by atoms with Crippen molar-refractivity contribution in [2.24, 2.45) is 0 Å². The van der Waals surface area contributed by atoms with Gasteiger partial charge in [-0.25, -0.2) is 8.78 Å². The van der Waals surface area contributed by atoms with Crippen molar-refractivity contribution in [2.75, 3.05) is 6.54 Å². The topological polar surface area (TPSA) is 61.4 Å². The van der Waals surface area contributed by atoms with E-state index in [1.165, 1.54) is 40.6 Å². The fourth-order valence-corrected chi connectivity index (χ4v) is 5.11. The first kappa shape index (κ1) is 23.5. The van der Waals surface area contributed by atoms with E-state index in [9.17, 15) is 18.7 Å². The van der Waals surface area contributed by atoms with Crippen molar-refractivity contribution in [2.45, 2.75) is 50.8 Å². The molecule has 0 saturated heterocycles. The smallest absolute Gasteiger partial charge is 0.217 e. The lowest BCUT2D eigenvalue weighted by Gasteiger charge is -2.27. The van der Waals surface area contributed by atoms with Crippen LogP contribution in [0.1, 0.15) is 36.5 Å². The van der Waals surface area contributed by atoms with Gasteiger partial charge in [-0.2, -0.15) is 0 Å². The largest absolute Gasteiger partial charge is 0.390 e. The quantitative estimate of drug-likeness (QED) is 0.425. The maximum absolute atomic E-state index is 13.6. The monoisotopic (exact) mass is 470 g/mol. The number of hydrogen-bond acceptors (Lipinski definition) is 4. The van der Waals surface area contributed by atoms with E-state index < -0.39 is 23.8 Å². The molecule has 0 radical (unpaired) electrons. The standard InChI is InChI=1S/C26H28F2N2O2S/c1-16-8-25(33-15-16)19-4-3-5-20(12-19)26(6-7-26)29-14-24(32)23(30-17(2)31)11-18-9-21(27)13-22(28)10-18/h3-5,8-10,12-13,15,23-24,29,32H,6-7,11,14H2,1-2H3,(H,30,31)/t23-,24+/m0/s1. The molecular formula is C26H28F2N2O2S. The molecule has 0 unspecified atom stereocenters. The number of nitrogens with one attached hydrogen (secondary N) is 2. The second-order valence-electron chi connectivity index (χ2n) is 8.89. The van der Waals surface area contributed by atoms with E-state index >= 15 is 0 Å². The Labute approximate surface area is 196 Å². The fraction of sp³-hybridized carbons (Fsp3) is 0.346. The predicted molar refractivity (Wildman–Crippen MR) is 127 cm³/mol. The van der Waals surface area contributed by atoms with Crippen molar-refractivity contribution in [3.05, 3.63) is 82.2 Å². The predicted octanol–water partition coefficient (Wildman–Crippen LogP) is 4.69. The Kier molecular flexibility index (Phi) is 6.93. The Hall–Kier alpha value is -2.61. The van der Waals surface area contributed by atoms with Gasteiger partial charge in [0.2, 0.25) is 5.91 Å². The first-order chi connectivity index (χ1) is 15.7. The molecule has 7 heteroatoms. The van der Waals surface area contributed by atoms with E-state index in [1.54, 1.807) is 11.3 Å². The minimum Gasteiger partial charge on any atom is -0.390 e. The van der Waals surface area contributed by atoms with Gasteiger partial charge < -0.3 is 15.7 Å². The molecule has 2 atom stereocenters. The van der Waals surface area contributed by atoms with Crippen LogP contribution >= 0.6 is 11.3 Å². The molecule has 0 spiro atoms. The maximum atomic E-state index is 13.6. The zero-order chi connectivity index (χ0) is 23.6. The molecule has 3 aromatic rings. The molecule has 4 nitrogen and oxygen atoms in total. The molecule has 174 valence electrons. The van der Waals surface area contributed by atoms with Crippen LogP contribution in [0.2, 0.25) is 0 Å². The van der Waals surface area contributed by atoms with Crippen LogP contribution in [0.5, 0.6) is 0 Å². The zero-order valence-corrected chi connectivity index (χ0v) is 19.5. The van der Waals surface area contributed by atoms with Gasteiger partial charge in [0.1, 0.15) is 11.6 Å². The van der Waals surface area contributed by atoms with Gasteiger partial charge in [-0.15, -0.1) is 11.3 Å². The maximum Gasteiger partial charge on any atom is 0.217 e. The highest BCUT2D eigenvalue weighted by molar-refractivity contribution is 7.13. The number of halogens is 2. The number of thiophene rings is 1. The summed E-state index contributed by atoms with van der Waals surface area (Å²) in [6.45, 7) is 3.68. The van der Waals surface area contributed by atoms with Crippen molar-refractivity contribution < 1.29 is 18.7 Å². The second kappa shape index (κ2) is 9.71. The highest BCUT2D eigenvalue weighted by Gasteiger charge is 2.44. The molecule has 1 aliphatic rings. The third-order valence-electron chi connectivity index (χ3n) is 6.06. The molecule has 33 heavy (non-hydrogen) atoms. The molecule has 1 aliphatic carbocycles. The van der Waals surface area contributed by atoms with Crippen molar-refractivity contribution in [3.8, 4) is 10.4 Å². The number of carbonyl (C=O) groups is 1. The van der Waals surface area contributed by atoms with Gasteiger partial charge in [-0.1, -0.05) is 18.2 Å². The molecule has 3 N–H and O–H groups in total. The van der Waals surface area contributed by atoms with Gasteiger partial charge in [-0.3, -0.25) is 4.79 Å². The van der Waals surface area contributed by atoms with Crippen molar-refractivity contribution in [1.29, 1.82) is 0 Å². The molecular weight excluding hydrogens is 442 g/mol. The Bertz CT molecular complexity index is 1120. The van der Waals surface area contributed by atoms with Crippen LogP contribution in [-0.4, -0.2) is 29.7 Å². The number of amides is 1. The van der Waals surface area contributed by atoms with E-state index in [2.05, 4.69) is 53.3 Å². The first-order valence-electron chi connectivity index (χ1n) is 11.1. The second-order valence-corrected chi connectivity index (χ2v) is 9.80. The SMILES string of the molecule is CC(=O)N[C@@H](Cc1cc(F)cc(F)c1)[C@H](O)CNC1(c2cccc(-c3cc(C)cs3)c2)CC1. The molecule has 1 saturated carbocycles. The third-order valence-corrected chi connectivity index (χ3v) is 7.16. The van der Waals surface area contributed by atoms with E-state index in [1.807, 2.05) is 0 Å². The van der Waals surface area contributed by atoms with Gasteiger partial charge in [0.15, 0.2) is 0 Å². The normalized spacial score (nSPS) is 16.3.